The normalized spacial score (nSPS) is 16.4. The van der Waals surface area contributed by atoms with Gasteiger partial charge in [-0.3, -0.25) is 4.79 Å². The molecule has 14 heavy (non-hydrogen) atoms. The Labute approximate surface area is 84.4 Å². The van der Waals surface area contributed by atoms with E-state index in [1.54, 1.807) is 0 Å². The van der Waals surface area contributed by atoms with Crippen molar-refractivity contribution in [1.29, 1.82) is 0 Å². The lowest BCUT2D eigenvalue weighted by molar-refractivity contribution is -0.116. The van der Waals surface area contributed by atoms with Crippen LogP contribution in [0, 0.1) is 0 Å². The molecule has 3 heteroatoms. The summed E-state index contributed by atoms with van der Waals surface area (Å²) in [6.45, 7) is 2.15. The van der Waals surface area contributed by atoms with Crippen LogP contribution < -0.4 is 0 Å². The van der Waals surface area contributed by atoms with Crippen molar-refractivity contribution in [3.63, 3.8) is 0 Å². The highest BCUT2D eigenvalue weighted by molar-refractivity contribution is 6.25. The highest BCUT2D eigenvalue weighted by Crippen LogP contribution is 2.27. The fourth-order valence-electron chi connectivity index (χ4n) is 1.86. The zero-order valence-electron chi connectivity index (χ0n) is 8.62. The van der Waals surface area contributed by atoms with Gasteiger partial charge in [-0.2, -0.15) is 4.79 Å². The Morgan fingerprint density at radius 3 is 2.86 bits per heavy atom. The van der Waals surface area contributed by atoms with Gasteiger partial charge in [0.1, 0.15) is 0 Å². The van der Waals surface area contributed by atoms with Gasteiger partial charge in [-0.15, -0.1) is 0 Å². The Bertz CT molecular complexity index is 298. The first kappa shape index (κ1) is 10.9. The largest absolute Gasteiger partial charge is 0.361 e. The minimum atomic E-state index is -0.0987. The van der Waals surface area contributed by atoms with Crippen molar-refractivity contribution in [2.45, 2.75) is 45.4 Å². The van der Waals surface area contributed by atoms with E-state index in [-0.39, 0.29) is 5.78 Å². The maximum atomic E-state index is 11.1. The minimum Gasteiger partial charge on any atom is -0.361 e. The molecule has 0 aromatic rings. The second kappa shape index (κ2) is 5.51. The summed E-state index contributed by atoms with van der Waals surface area (Å²) >= 11 is 0. The molecule has 0 bridgehead atoms. The molecule has 0 saturated carbocycles. The van der Waals surface area contributed by atoms with Gasteiger partial charge in [0.2, 0.25) is 5.78 Å². The molecule has 0 aromatic carbocycles. The van der Waals surface area contributed by atoms with Crippen LogP contribution in [0.25, 0.3) is 5.53 Å². The van der Waals surface area contributed by atoms with E-state index >= 15 is 0 Å². The Morgan fingerprint density at radius 1 is 1.50 bits per heavy atom. The van der Waals surface area contributed by atoms with E-state index in [0.29, 0.717) is 6.42 Å². The number of nitrogens with zero attached hydrogens (tertiary/aromatic N) is 2. The summed E-state index contributed by atoms with van der Waals surface area (Å²) in [5.74, 6) is -0.0987. The van der Waals surface area contributed by atoms with Crippen molar-refractivity contribution >= 4 is 12.0 Å². The number of carbonyl (C=O) groups excluding carboxylic acids is 1. The zero-order chi connectivity index (χ0) is 10.4. The van der Waals surface area contributed by atoms with Crippen LogP contribution in [0.4, 0.5) is 0 Å². The fraction of sp³-hybridized carbons (Fsp3) is 0.636. The Kier molecular flexibility index (Phi) is 4.27. The third-order valence-corrected chi connectivity index (χ3v) is 2.76. The summed E-state index contributed by atoms with van der Waals surface area (Å²) in [6.07, 6.45) is 7.12. The number of hydrogen-bond donors (Lipinski definition) is 0. The number of hydrogen-bond acceptors (Lipinski definition) is 1. The summed E-state index contributed by atoms with van der Waals surface area (Å²) in [6, 6.07) is 0. The van der Waals surface area contributed by atoms with Gasteiger partial charge < -0.3 is 5.53 Å². The quantitative estimate of drug-likeness (QED) is 0.292. The smallest absolute Gasteiger partial charge is 0.323 e. The molecule has 76 valence electrons. The lowest BCUT2D eigenvalue weighted by Gasteiger charge is -2.16. The topological polar surface area (TPSA) is 53.5 Å². The van der Waals surface area contributed by atoms with Gasteiger partial charge in [-0.05, 0) is 39.0 Å². The summed E-state index contributed by atoms with van der Waals surface area (Å²) in [5, 5.41) is 0. The van der Waals surface area contributed by atoms with Crippen molar-refractivity contribution < 1.29 is 9.58 Å². The molecule has 0 amide bonds. The van der Waals surface area contributed by atoms with E-state index < -0.39 is 0 Å². The number of Topliss-reactive ketones (excluding diaryl/α,β-unsaturated/α-hetero) is 1. The van der Waals surface area contributed by atoms with Crippen molar-refractivity contribution in [2.24, 2.45) is 0 Å². The van der Waals surface area contributed by atoms with Gasteiger partial charge in [-0.1, -0.05) is 11.1 Å². The molecule has 1 aliphatic rings. The molecule has 0 saturated heterocycles. The van der Waals surface area contributed by atoms with E-state index in [0.717, 1.165) is 19.1 Å². The van der Waals surface area contributed by atoms with Gasteiger partial charge in [0.05, 0.1) is 0 Å². The van der Waals surface area contributed by atoms with Crippen LogP contribution in [-0.4, -0.2) is 16.8 Å². The van der Waals surface area contributed by atoms with Gasteiger partial charge in [0.25, 0.3) is 0 Å². The van der Waals surface area contributed by atoms with E-state index in [2.05, 4.69) is 11.7 Å². The monoisotopic (exact) mass is 192 g/mol. The number of ketones is 1. The van der Waals surface area contributed by atoms with E-state index in [9.17, 15) is 4.79 Å². The Morgan fingerprint density at radius 2 is 2.21 bits per heavy atom. The minimum absolute atomic E-state index is 0.0987. The average Bonchev–Trinajstić information content (AvgIpc) is 2.17. The SMILES string of the molecule is CC1=C(CCC(=O)C=[N+]=[N-])CCCC1. The highest BCUT2D eigenvalue weighted by atomic mass is 16.1. The van der Waals surface area contributed by atoms with Crippen LogP contribution in [0.1, 0.15) is 45.4 Å². The lowest BCUT2D eigenvalue weighted by atomic mass is 9.89. The molecule has 0 spiro atoms. The van der Waals surface area contributed by atoms with Crippen molar-refractivity contribution in [3.8, 4) is 0 Å². The van der Waals surface area contributed by atoms with Crippen molar-refractivity contribution in [1.82, 2.24) is 0 Å². The number of carbonyl (C=O) groups is 1. The van der Waals surface area contributed by atoms with E-state index in [1.807, 2.05) is 0 Å². The molecule has 0 heterocycles. The van der Waals surface area contributed by atoms with Crippen LogP contribution in [0.15, 0.2) is 11.1 Å². The molecule has 0 N–H and O–H groups in total. The van der Waals surface area contributed by atoms with Crippen molar-refractivity contribution in [2.75, 3.05) is 0 Å². The predicted octanol–water partition coefficient (Wildman–Crippen LogP) is 2.53. The standard InChI is InChI=1S/C11H16N2O/c1-9-4-2-3-5-10(9)6-7-11(14)8-13-12/h8H,2-7H2,1H3. The highest BCUT2D eigenvalue weighted by Gasteiger charge is 2.11. The average molecular weight is 192 g/mol. The number of rotatable bonds is 4. The fourth-order valence-corrected chi connectivity index (χ4v) is 1.86. The molecule has 0 fully saturated rings. The number of allylic oxidation sites excluding steroid dienone is 2. The molecule has 3 nitrogen and oxygen atoms in total. The first-order valence-electron chi connectivity index (χ1n) is 5.12. The summed E-state index contributed by atoms with van der Waals surface area (Å²) in [5.41, 5.74) is 11.0. The third kappa shape index (κ3) is 3.27. The molecular weight excluding hydrogens is 176 g/mol. The molecular formula is C11H16N2O. The maximum absolute atomic E-state index is 11.1. The lowest BCUT2D eigenvalue weighted by Crippen LogP contribution is -2.03. The van der Waals surface area contributed by atoms with Crippen molar-refractivity contribution in [3.05, 3.63) is 16.7 Å². The van der Waals surface area contributed by atoms with Gasteiger partial charge in [-0.25, -0.2) is 0 Å². The molecule has 0 aliphatic heterocycles. The second-order valence-electron chi connectivity index (χ2n) is 3.80. The summed E-state index contributed by atoms with van der Waals surface area (Å²) < 4.78 is 0. The van der Waals surface area contributed by atoms with Gasteiger partial charge >= 0.3 is 6.21 Å². The zero-order valence-corrected chi connectivity index (χ0v) is 8.62. The molecule has 1 aliphatic carbocycles. The third-order valence-electron chi connectivity index (χ3n) is 2.76. The van der Waals surface area contributed by atoms with E-state index in [4.69, 9.17) is 5.53 Å². The first-order valence-corrected chi connectivity index (χ1v) is 5.12. The van der Waals surface area contributed by atoms with Gasteiger partial charge in [0.15, 0.2) is 0 Å². The Balaban J connectivity index is 2.44. The molecule has 0 aromatic heterocycles. The first-order chi connectivity index (χ1) is 6.74. The molecule has 1 rings (SSSR count). The van der Waals surface area contributed by atoms with Crippen LogP contribution in [0.5, 0.6) is 0 Å². The van der Waals surface area contributed by atoms with Crippen LogP contribution in [0.3, 0.4) is 0 Å². The van der Waals surface area contributed by atoms with Crippen LogP contribution in [-0.2, 0) is 4.79 Å². The molecule has 0 atom stereocenters. The maximum Gasteiger partial charge on any atom is 0.323 e. The Hall–Kier alpha value is -1.21. The summed E-state index contributed by atoms with van der Waals surface area (Å²) in [7, 11) is 0. The molecule has 0 unspecified atom stereocenters. The van der Waals surface area contributed by atoms with E-state index in [1.165, 1.54) is 30.4 Å². The summed E-state index contributed by atoms with van der Waals surface area (Å²) in [4.78, 5) is 13.8. The molecule has 0 radical (unpaired) electrons. The van der Waals surface area contributed by atoms with Crippen LogP contribution in [0.2, 0.25) is 0 Å². The second-order valence-corrected chi connectivity index (χ2v) is 3.80. The van der Waals surface area contributed by atoms with Crippen LogP contribution >= 0.6 is 0 Å². The van der Waals surface area contributed by atoms with Gasteiger partial charge in [0, 0.05) is 6.42 Å². The predicted molar refractivity (Wildman–Crippen MR) is 55.1 cm³/mol.